The van der Waals surface area contributed by atoms with Crippen LogP contribution in [0.15, 0.2) is 17.1 Å². The largest absolute Gasteiger partial charge is 0.487 e. The second-order valence-corrected chi connectivity index (χ2v) is 11.4. The third-order valence-corrected chi connectivity index (χ3v) is 8.28. The van der Waals surface area contributed by atoms with Crippen LogP contribution in [0.5, 0.6) is 5.75 Å². The van der Waals surface area contributed by atoms with Crippen molar-refractivity contribution < 1.29 is 23.8 Å². The molecular weight excluding hydrogens is 539 g/mol. The smallest absolute Gasteiger partial charge is 0.303 e. The summed E-state index contributed by atoms with van der Waals surface area (Å²) < 4.78 is 23.6. The van der Waals surface area contributed by atoms with Crippen molar-refractivity contribution in [3.8, 4) is 16.3 Å². The van der Waals surface area contributed by atoms with Gasteiger partial charge in [-0.25, -0.2) is 4.39 Å². The Bertz CT molecular complexity index is 1480. The van der Waals surface area contributed by atoms with E-state index in [1.165, 1.54) is 6.07 Å². The van der Waals surface area contributed by atoms with E-state index in [4.69, 9.17) is 9.84 Å². The van der Waals surface area contributed by atoms with Gasteiger partial charge < -0.3 is 29.5 Å². The quantitative estimate of drug-likeness (QED) is 0.349. The summed E-state index contributed by atoms with van der Waals surface area (Å²) in [6.45, 7) is 5.25. The first-order chi connectivity index (χ1) is 19.2. The van der Waals surface area contributed by atoms with Crippen LogP contribution < -0.4 is 20.4 Å². The minimum absolute atomic E-state index is 0.0947. The summed E-state index contributed by atoms with van der Waals surface area (Å²) in [5.41, 5.74) is 0.889. The van der Waals surface area contributed by atoms with Gasteiger partial charge in [0.2, 0.25) is 11.0 Å². The number of carboxylic acids is 1. The fourth-order valence-electron chi connectivity index (χ4n) is 5.17. The highest BCUT2D eigenvalue weighted by Crippen LogP contribution is 2.42. The molecule has 1 aromatic carbocycles. The van der Waals surface area contributed by atoms with Gasteiger partial charge in [0.25, 0.3) is 0 Å². The number of rotatable bonds is 10. The molecule has 2 aliphatic heterocycles. The molecule has 2 N–H and O–H groups in total. The van der Waals surface area contributed by atoms with Crippen LogP contribution in [0, 0.1) is 5.82 Å². The number of carbonyl (C=O) groups is 2. The molecule has 0 saturated carbocycles. The summed E-state index contributed by atoms with van der Waals surface area (Å²) in [5, 5.41) is 20.5. The number of amides is 1. The Morgan fingerprint density at radius 3 is 2.60 bits per heavy atom. The fraction of sp³-hybridized carbons (Fsp3) is 0.519. The number of pyridine rings is 1. The Morgan fingerprint density at radius 1 is 1.15 bits per heavy atom. The van der Waals surface area contributed by atoms with Crippen LogP contribution in [0.3, 0.4) is 0 Å². The Morgan fingerprint density at radius 2 is 1.88 bits per heavy atom. The maximum Gasteiger partial charge on any atom is 0.303 e. The van der Waals surface area contributed by atoms with Gasteiger partial charge in [-0.1, -0.05) is 24.2 Å². The topological polar surface area (TPSA) is 130 Å². The molecule has 13 heteroatoms. The van der Waals surface area contributed by atoms with Gasteiger partial charge in [0, 0.05) is 45.2 Å². The molecule has 0 aliphatic carbocycles. The lowest BCUT2D eigenvalue weighted by Crippen LogP contribution is -2.45. The van der Waals surface area contributed by atoms with Crippen molar-refractivity contribution in [3.05, 3.63) is 28.3 Å². The predicted molar refractivity (Wildman–Crippen MR) is 151 cm³/mol. The van der Waals surface area contributed by atoms with Gasteiger partial charge >= 0.3 is 5.97 Å². The minimum atomic E-state index is -0.816. The lowest BCUT2D eigenvalue weighted by atomic mass is 10.1. The second kappa shape index (κ2) is 11.9. The summed E-state index contributed by atoms with van der Waals surface area (Å²) in [6.07, 6.45) is 4.88. The SMILES string of the molecule is C[C@H]1COc2c(N3CCN(C)CC3)c(F)cc3c(=O)c(-c4nnc(NC(=O)CCCCCCC(=O)O)s4)cn1c23. The van der Waals surface area contributed by atoms with Gasteiger partial charge in [-0.05, 0) is 32.9 Å². The number of hydrogen-bond donors (Lipinski definition) is 2. The maximum absolute atomic E-state index is 15.6. The van der Waals surface area contributed by atoms with Gasteiger partial charge in [-0.15, -0.1) is 10.2 Å². The number of aliphatic carboxylic acids is 1. The van der Waals surface area contributed by atoms with Crippen LogP contribution in [0.4, 0.5) is 15.2 Å². The number of unbranched alkanes of at least 4 members (excludes halogenated alkanes) is 3. The molecule has 3 aromatic rings. The highest BCUT2D eigenvalue weighted by Gasteiger charge is 2.31. The fourth-order valence-corrected chi connectivity index (χ4v) is 5.94. The number of hydrogen-bond acceptors (Lipinski definition) is 9. The minimum Gasteiger partial charge on any atom is -0.487 e. The van der Waals surface area contributed by atoms with Crippen LogP contribution in [0.2, 0.25) is 0 Å². The number of carbonyl (C=O) groups excluding carboxylic acids is 1. The molecule has 11 nitrogen and oxygen atoms in total. The summed E-state index contributed by atoms with van der Waals surface area (Å²) >= 11 is 1.09. The molecule has 1 atom stereocenters. The molecule has 1 saturated heterocycles. The van der Waals surface area contributed by atoms with E-state index in [0.717, 1.165) is 37.3 Å². The Balaban J connectivity index is 1.37. The van der Waals surface area contributed by atoms with Crippen molar-refractivity contribution in [2.45, 2.75) is 51.5 Å². The van der Waals surface area contributed by atoms with Crippen molar-refractivity contribution >= 4 is 44.9 Å². The van der Waals surface area contributed by atoms with Gasteiger partial charge in [-0.2, -0.15) is 0 Å². The van der Waals surface area contributed by atoms with Crippen molar-refractivity contribution in [1.29, 1.82) is 0 Å². The van der Waals surface area contributed by atoms with E-state index in [1.807, 2.05) is 23.4 Å². The van der Waals surface area contributed by atoms with E-state index in [1.54, 1.807) is 6.20 Å². The van der Waals surface area contributed by atoms with E-state index in [0.29, 0.717) is 54.5 Å². The molecule has 2 aromatic heterocycles. The van der Waals surface area contributed by atoms with Crippen molar-refractivity contribution in [2.24, 2.45) is 0 Å². The molecule has 0 spiro atoms. The van der Waals surface area contributed by atoms with Gasteiger partial charge in [-0.3, -0.25) is 14.4 Å². The molecule has 4 heterocycles. The molecule has 0 radical (unpaired) electrons. The number of piperazine rings is 1. The molecule has 40 heavy (non-hydrogen) atoms. The lowest BCUT2D eigenvalue weighted by molar-refractivity contribution is -0.137. The normalized spacial score (nSPS) is 17.2. The molecular formula is C27H33FN6O5S. The highest BCUT2D eigenvalue weighted by molar-refractivity contribution is 7.18. The average Bonchev–Trinajstić information content (AvgIpc) is 3.37. The van der Waals surface area contributed by atoms with E-state index in [2.05, 4.69) is 20.4 Å². The molecule has 5 rings (SSSR count). The first kappa shape index (κ1) is 28.0. The Hall–Kier alpha value is -3.58. The summed E-state index contributed by atoms with van der Waals surface area (Å²) in [6, 6.07) is 1.21. The summed E-state index contributed by atoms with van der Waals surface area (Å²) in [4.78, 5) is 40.7. The average molecular weight is 573 g/mol. The lowest BCUT2D eigenvalue weighted by Gasteiger charge is -2.37. The standard InChI is InChI=1S/C27H33FN6O5S/c1-16-15-39-25-22-17(13-19(28)23(25)33-11-9-32(2)10-12-33)24(38)18(14-34(16)22)26-30-31-27(40-26)29-20(35)7-5-3-4-6-8-21(36)37/h13-14,16H,3-12,15H2,1-2H3,(H,36,37)(H,29,31,35)/t16-/m0/s1. The van der Waals surface area contributed by atoms with Crippen molar-refractivity contribution in [2.75, 3.05) is 50.1 Å². The first-order valence-corrected chi connectivity index (χ1v) is 14.4. The monoisotopic (exact) mass is 572 g/mol. The molecule has 1 amide bonds. The predicted octanol–water partition coefficient (Wildman–Crippen LogP) is 3.73. The number of nitrogens with zero attached hydrogens (tertiary/aromatic N) is 5. The van der Waals surface area contributed by atoms with Crippen molar-refractivity contribution in [1.82, 2.24) is 19.7 Å². The maximum atomic E-state index is 15.6. The number of benzene rings is 1. The Labute approximate surface area is 234 Å². The Kier molecular flexibility index (Phi) is 8.31. The number of likely N-dealkylation sites (N-methyl/N-ethyl adjacent to an activating group) is 1. The number of carboxylic acid groups (broad SMARTS) is 1. The second-order valence-electron chi connectivity index (χ2n) is 10.4. The van der Waals surface area contributed by atoms with Crippen LogP contribution >= 0.6 is 11.3 Å². The number of anilines is 2. The highest BCUT2D eigenvalue weighted by atomic mass is 32.1. The van der Waals surface area contributed by atoms with Crippen LogP contribution in [0.1, 0.15) is 51.5 Å². The molecule has 214 valence electrons. The van der Waals surface area contributed by atoms with Gasteiger partial charge in [0.15, 0.2) is 22.0 Å². The number of nitrogens with one attached hydrogen (secondary N) is 1. The van der Waals surface area contributed by atoms with Crippen LogP contribution in [-0.4, -0.2) is 76.5 Å². The first-order valence-electron chi connectivity index (χ1n) is 13.6. The van der Waals surface area contributed by atoms with E-state index in [9.17, 15) is 14.4 Å². The zero-order valence-electron chi connectivity index (χ0n) is 22.6. The molecule has 0 unspecified atom stereocenters. The number of aromatic nitrogens is 3. The van der Waals surface area contributed by atoms with E-state index in [-0.39, 0.29) is 46.3 Å². The van der Waals surface area contributed by atoms with Gasteiger partial charge in [0.1, 0.15) is 12.3 Å². The number of halogens is 1. The summed E-state index contributed by atoms with van der Waals surface area (Å²) in [5.74, 6) is -1.13. The number of ether oxygens (including phenoxy) is 1. The molecule has 1 fully saturated rings. The molecule has 2 aliphatic rings. The molecule has 0 bridgehead atoms. The zero-order valence-corrected chi connectivity index (χ0v) is 23.4. The third kappa shape index (κ3) is 5.80. The van der Waals surface area contributed by atoms with Crippen molar-refractivity contribution in [3.63, 3.8) is 0 Å². The third-order valence-electron chi connectivity index (χ3n) is 7.41. The van der Waals surface area contributed by atoms with Crippen LogP contribution in [-0.2, 0) is 9.59 Å². The zero-order chi connectivity index (χ0) is 28.4. The van der Waals surface area contributed by atoms with Gasteiger partial charge in [0.05, 0.1) is 22.5 Å². The van der Waals surface area contributed by atoms with Crippen LogP contribution in [0.25, 0.3) is 21.5 Å². The van der Waals surface area contributed by atoms with E-state index >= 15 is 4.39 Å². The van der Waals surface area contributed by atoms with E-state index < -0.39 is 11.8 Å². The summed E-state index contributed by atoms with van der Waals surface area (Å²) in [7, 11) is 2.04.